The highest BCUT2D eigenvalue weighted by Gasteiger charge is 2.23. The van der Waals surface area contributed by atoms with Gasteiger partial charge in [0.2, 0.25) is 11.9 Å². The molecule has 0 radical (unpaired) electrons. The number of carbonyl (C=O) groups is 2. The number of amides is 3. The largest absolute Gasteiger partial charge is 0.339 e. The van der Waals surface area contributed by atoms with Crippen molar-refractivity contribution in [3.8, 4) is 0 Å². The minimum absolute atomic E-state index is 0.0456. The molecule has 0 spiro atoms. The van der Waals surface area contributed by atoms with Crippen LogP contribution in [0.1, 0.15) is 26.2 Å². The van der Waals surface area contributed by atoms with E-state index in [1.165, 1.54) is 0 Å². The Labute approximate surface area is 154 Å². The molecule has 0 aromatic carbocycles. The Morgan fingerprint density at radius 1 is 1.04 bits per heavy atom. The Morgan fingerprint density at radius 3 is 2.35 bits per heavy atom. The third kappa shape index (κ3) is 4.83. The second-order valence-electron chi connectivity index (χ2n) is 7.07. The standard InChI is InChI=1S/C18H28N6O2/c1-15-4-9-24(10-5-15)18(26)21-8-3-16(25)22-11-13-23(14-12-22)17-19-6-2-7-20-17/h2,6-7,15H,3-5,8-14H2,1H3,(H,21,26). The maximum atomic E-state index is 12.4. The zero-order chi connectivity index (χ0) is 18.4. The van der Waals surface area contributed by atoms with Gasteiger partial charge >= 0.3 is 6.03 Å². The summed E-state index contributed by atoms with van der Waals surface area (Å²) in [6, 6.07) is 1.75. The summed E-state index contributed by atoms with van der Waals surface area (Å²) in [5.74, 6) is 1.49. The first kappa shape index (κ1) is 18.4. The summed E-state index contributed by atoms with van der Waals surface area (Å²) in [7, 11) is 0. The zero-order valence-electron chi connectivity index (χ0n) is 15.4. The lowest BCUT2D eigenvalue weighted by atomic mass is 10.00. The number of anilines is 1. The van der Waals surface area contributed by atoms with E-state index in [0.29, 0.717) is 37.9 Å². The molecule has 3 rings (SSSR count). The summed E-state index contributed by atoms with van der Waals surface area (Å²) < 4.78 is 0. The predicted octanol–water partition coefficient (Wildman–Crippen LogP) is 0.957. The quantitative estimate of drug-likeness (QED) is 0.865. The van der Waals surface area contributed by atoms with Gasteiger partial charge < -0.3 is 20.0 Å². The molecule has 142 valence electrons. The second-order valence-corrected chi connectivity index (χ2v) is 7.07. The Kier molecular flexibility index (Phi) is 6.25. The average molecular weight is 360 g/mol. The van der Waals surface area contributed by atoms with E-state index in [1.54, 1.807) is 18.5 Å². The van der Waals surface area contributed by atoms with Crippen LogP contribution in [-0.4, -0.2) is 77.5 Å². The van der Waals surface area contributed by atoms with E-state index in [2.05, 4.69) is 27.1 Å². The lowest BCUT2D eigenvalue weighted by Gasteiger charge is -2.34. The molecule has 0 saturated carbocycles. The molecule has 3 heterocycles. The van der Waals surface area contributed by atoms with Gasteiger partial charge in [-0.1, -0.05) is 6.92 Å². The molecule has 2 saturated heterocycles. The summed E-state index contributed by atoms with van der Waals surface area (Å²) in [5.41, 5.74) is 0. The number of hydrogen-bond acceptors (Lipinski definition) is 5. The topological polar surface area (TPSA) is 81.7 Å². The number of piperidine rings is 1. The van der Waals surface area contributed by atoms with E-state index in [4.69, 9.17) is 0 Å². The van der Waals surface area contributed by atoms with Gasteiger partial charge in [-0.05, 0) is 24.8 Å². The molecule has 0 atom stereocenters. The smallest absolute Gasteiger partial charge is 0.317 e. The molecule has 0 bridgehead atoms. The Hall–Kier alpha value is -2.38. The summed E-state index contributed by atoms with van der Waals surface area (Å²) in [6.45, 7) is 7.02. The van der Waals surface area contributed by atoms with E-state index in [-0.39, 0.29) is 11.9 Å². The molecule has 0 unspecified atom stereocenters. The van der Waals surface area contributed by atoms with Crippen LogP contribution in [0.2, 0.25) is 0 Å². The van der Waals surface area contributed by atoms with Crippen molar-refractivity contribution >= 4 is 17.9 Å². The molecule has 1 N–H and O–H groups in total. The Balaban J connectivity index is 1.35. The van der Waals surface area contributed by atoms with Crippen molar-refractivity contribution in [2.75, 3.05) is 50.7 Å². The fourth-order valence-electron chi connectivity index (χ4n) is 3.37. The lowest BCUT2D eigenvalue weighted by molar-refractivity contribution is -0.131. The van der Waals surface area contributed by atoms with Crippen LogP contribution in [0, 0.1) is 5.92 Å². The van der Waals surface area contributed by atoms with Crippen LogP contribution in [0.3, 0.4) is 0 Å². The van der Waals surface area contributed by atoms with E-state index in [0.717, 1.165) is 39.0 Å². The molecular weight excluding hydrogens is 332 g/mol. The van der Waals surface area contributed by atoms with Gasteiger partial charge in [0.15, 0.2) is 0 Å². The van der Waals surface area contributed by atoms with Crippen LogP contribution in [0.4, 0.5) is 10.7 Å². The summed E-state index contributed by atoms with van der Waals surface area (Å²) >= 11 is 0. The van der Waals surface area contributed by atoms with E-state index in [9.17, 15) is 9.59 Å². The van der Waals surface area contributed by atoms with Crippen LogP contribution in [0.15, 0.2) is 18.5 Å². The van der Waals surface area contributed by atoms with Gasteiger partial charge in [-0.15, -0.1) is 0 Å². The summed E-state index contributed by atoms with van der Waals surface area (Å²) in [5, 5.41) is 2.88. The number of nitrogens with one attached hydrogen (secondary N) is 1. The normalized spacial score (nSPS) is 18.7. The van der Waals surface area contributed by atoms with Gasteiger partial charge in [0.25, 0.3) is 0 Å². The van der Waals surface area contributed by atoms with Crippen molar-refractivity contribution in [2.24, 2.45) is 5.92 Å². The number of aromatic nitrogens is 2. The number of nitrogens with zero attached hydrogens (tertiary/aromatic N) is 5. The maximum absolute atomic E-state index is 12.4. The van der Waals surface area contributed by atoms with E-state index in [1.807, 2.05) is 9.80 Å². The van der Waals surface area contributed by atoms with Gasteiger partial charge in [0, 0.05) is 64.6 Å². The SMILES string of the molecule is CC1CCN(C(=O)NCCC(=O)N2CCN(c3ncccn3)CC2)CC1. The van der Waals surface area contributed by atoms with E-state index >= 15 is 0 Å². The van der Waals surface area contributed by atoms with Crippen molar-refractivity contribution in [1.82, 2.24) is 25.1 Å². The van der Waals surface area contributed by atoms with Crippen LogP contribution in [0.5, 0.6) is 0 Å². The fourth-order valence-corrected chi connectivity index (χ4v) is 3.37. The molecule has 1 aromatic rings. The van der Waals surface area contributed by atoms with Crippen molar-refractivity contribution in [2.45, 2.75) is 26.2 Å². The van der Waals surface area contributed by atoms with Crippen LogP contribution >= 0.6 is 0 Å². The number of urea groups is 1. The molecular formula is C18H28N6O2. The van der Waals surface area contributed by atoms with Gasteiger partial charge in [0.1, 0.15) is 0 Å². The van der Waals surface area contributed by atoms with Gasteiger partial charge in [-0.2, -0.15) is 0 Å². The number of likely N-dealkylation sites (tertiary alicyclic amines) is 1. The highest BCUT2D eigenvalue weighted by Crippen LogP contribution is 2.15. The van der Waals surface area contributed by atoms with Crippen molar-refractivity contribution in [3.63, 3.8) is 0 Å². The molecule has 0 aliphatic carbocycles. The summed E-state index contributed by atoms with van der Waals surface area (Å²) in [6.07, 6.45) is 5.92. The van der Waals surface area contributed by atoms with Crippen LogP contribution in [-0.2, 0) is 4.79 Å². The van der Waals surface area contributed by atoms with Crippen molar-refractivity contribution < 1.29 is 9.59 Å². The third-order valence-electron chi connectivity index (χ3n) is 5.15. The highest BCUT2D eigenvalue weighted by atomic mass is 16.2. The molecule has 1 aromatic heterocycles. The van der Waals surface area contributed by atoms with Crippen molar-refractivity contribution in [1.29, 1.82) is 0 Å². The van der Waals surface area contributed by atoms with Gasteiger partial charge in [0.05, 0.1) is 0 Å². The number of hydrogen-bond donors (Lipinski definition) is 1. The predicted molar refractivity (Wildman–Crippen MR) is 98.8 cm³/mol. The maximum Gasteiger partial charge on any atom is 0.317 e. The highest BCUT2D eigenvalue weighted by molar-refractivity contribution is 5.78. The van der Waals surface area contributed by atoms with E-state index < -0.39 is 0 Å². The average Bonchev–Trinajstić information content (AvgIpc) is 2.69. The molecule has 26 heavy (non-hydrogen) atoms. The monoisotopic (exact) mass is 360 g/mol. The minimum Gasteiger partial charge on any atom is -0.339 e. The number of carbonyl (C=O) groups excluding carboxylic acids is 2. The zero-order valence-corrected chi connectivity index (χ0v) is 15.4. The lowest BCUT2D eigenvalue weighted by Crippen LogP contribution is -2.50. The Morgan fingerprint density at radius 2 is 1.69 bits per heavy atom. The fraction of sp³-hybridized carbons (Fsp3) is 0.667. The molecule has 2 aliphatic rings. The molecule has 8 nitrogen and oxygen atoms in total. The van der Waals surface area contributed by atoms with Crippen molar-refractivity contribution in [3.05, 3.63) is 18.5 Å². The first-order valence-corrected chi connectivity index (χ1v) is 9.46. The second kappa shape index (κ2) is 8.82. The number of piperazine rings is 1. The van der Waals surface area contributed by atoms with Crippen LogP contribution in [0.25, 0.3) is 0 Å². The first-order chi connectivity index (χ1) is 12.6. The molecule has 2 aliphatic heterocycles. The summed E-state index contributed by atoms with van der Waals surface area (Å²) in [4.78, 5) is 38.8. The van der Waals surface area contributed by atoms with Gasteiger partial charge in [-0.25, -0.2) is 14.8 Å². The minimum atomic E-state index is -0.0456. The molecule has 8 heteroatoms. The molecule has 3 amide bonds. The molecule has 2 fully saturated rings. The van der Waals surface area contributed by atoms with Gasteiger partial charge in [-0.3, -0.25) is 4.79 Å². The first-order valence-electron chi connectivity index (χ1n) is 9.46. The van der Waals surface area contributed by atoms with Crippen LogP contribution < -0.4 is 10.2 Å². The Bertz CT molecular complexity index is 595. The third-order valence-corrected chi connectivity index (χ3v) is 5.15. The number of rotatable bonds is 4.